The first-order chi connectivity index (χ1) is 11.7. The number of hydrogen-bond acceptors (Lipinski definition) is 3. The zero-order chi connectivity index (χ0) is 18.5. The van der Waals surface area contributed by atoms with Gasteiger partial charge in [-0.1, -0.05) is 46.2 Å². The molecule has 3 rings (SSSR count). The maximum absolute atomic E-state index is 13.1. The van der Waals surface area contributed by atoms with E-state index in [4.69, 9.17) is 0 Å². The highest BCUT2D eigenvalue weighted by Crippen LogP contribution is 2.69. The van der Waals surface area contributed by atoms with Crippen LogP contribution in [0.4, 0.5) is 5.69 Å². The van der Waals surface area contributed by atoms with Gasteiger partial charge in [0.15, 0.2) is 0 Å². The summed E-state index contributed by atoms with van der Waals surface area (Å²) in [5, 5.41) is 2.90. The zero-order valence-electron chi connectivity index (χ0n) is 15.6. The average Bonchev–Trinajstić information content (AvgIpc) is 2.86. The molecule has 2 atom stereocenters. The second-order valence-electron chi connectivity index (χ2n) is 8.28. The largest absolute Gasteiger partial charge is 0.325 e. The summed E-state index contributed by atoms with van der Waals surface area (Å²) in [6, 6.07) is 7.77. The van der Waals surface area contributed by atoms with E-state index >= 15 is 0 Å². The highest BCUT2D eigenvalue weighted by molar-refractivity contribution is 6.49. The first kappa shape index (κ1) is 17.8. The molecule has 1 N–H and O–H groups in total. The minimum atomic E-state index is -1.24. The van der Waals surface area contributed by atoms with Gasteiger partial charge < -0.3 is 5.32 Å². The minimum absolute atomic E-state index is 0.335. The number of hydrogen-bond donors (Lipinski definition) is 1. The first-order valence-corrected chi connectivity index (χ1v) is 9.20. The summed E-state index contributed by atoms with van der Waals surface area (Å²) in [7, 11) is 0. The van der Waals surface area contributed by atoms with Crippen molar-refractivity contribution in [3.05, 3.63) is 29.8 Å². The van der Waals surface area contributed by atoms with Gasteiger partial charge in [-0.15, -0.1) is 0 Å². The summed E-state index contributed by atoms with van der Waals surface area (Å²) in [5.74, 6) is -1.23. The Bertz CT molecular complexity index is 734. The van der Waals surface area contributed by atoms with Crippen molar-refractivity contribution < 1.29 is 14.4 Å². The standard InChI is InChI=1S/C21H27NO3/c1-5-6-7-14-8-10-15(11-9-14)22-18(25)21-13-12-20(4,19(21,2)3)16(23)17(21)24/h8-11H,5-7,12-13H2,1-4H3,(H,22,25)/t20-,21-/m0/s1. The summed E-state index contributed by atoms with van der Waals surface area (Å²) in [4.78, 5) is 38.3. The van der Waals surface area contributed by atoms with Gasteiger partial charge in [-0.05, 0) is 48.8 Å². The molecule has 2 aliphatic rings. The van der Waals surface area contributed by atoms with E-state index in [1.807, 2.05) is 45.0 Å². The number of aryl methyl sites for hydroxylation is 1. The van der Waals surface area contributed by atoms with Crippen LogP contribution in [0.15, 0.2) is 24.3 Å². The number of benzene rings is 1. The number of fused-ring (bicyclic) bond motifs is 2. The van der Waals surface area contributed by atoms with E-state index in [9.17, 15) is 14.4 Å². The fourth-order valence-electron chi connectivity index (χ4n) is 4.65. The third-order valence-corrected chi connectivity index (χ3v) is 6.96. The smallest absolute Gasteiger partial charge is 0.239 e. The van der Waals surface area contributed by atoms with Gasteiger partial charge >= 0.3 is 0 Å². The maximum Gasteiger partial charge on any atom is 0.239 e. The van der Waals surface area contributed by atoms with Crippen molar-refractivity contribution in [1.82, 2.24) is 0 Å². The second-order valence-corrected chi connectivity index (χ2v) is 8.28. The molecule has 1 amide bonds. The second kappa shape index (κ2) is 5.79. The number of Topliss-reactive ketones (excluding diaryl/α,β-unsaturated/α-hetero) is 2. The number of rotatable bonds is 5. The lowest BCUT2D eigenvalue weighted by Gasteiger charge is -2.37. The molecule has 0 radical (unpaired) electrons. The van der Waals surface area contributed by atoms with Crippen LogP contribution in [0, 0.1) is 16.2 Å². The van der Waals surface area contributed by atoms with E-state index in [1.54, 1.807) is 0 Å². The molecule has 25 heavy (non-hydrogen) atoms. The summed E-state index contributed by atoms with van der Waals surface area (Å²) in [5.41, 5.74) is -0.722. The Labute approximate surface area is 149 Å². The summed E-state index contributed by atoms with van der Waals surface area (Å²) >= 11 is 0. The van der Waals surface area contributed by atoms with Gasteiger partial charge in [0.25, 0.3) is 0 Å². The van der Waals surface area contributed by atoms with Crippen LogP contribution < -0.4 is 5.32 Å². The molecule has 2 aliphatic carbocycles. The van der Waals surface area contributed by atoms with Crippen LogP contribution >= 0.6 is 0 Å². The summed E-state index contributed by atoms with van der Waals surface area (Å²) in [6.45, 7) is 7.76. The fourth-order valence-corrected chi connectivity index (χ4v) is 4.65. The molecule has 0 heterocycles. The number of carbonyl (C=O) groups is 3. The van der Waals surface area contributed by atoms with Gasteiger partial charge in [0.1, 0.15) is 5.41 Å². The van der Waals surface area contributed by atoms with E-state index in [-0.39, 0.29) is 11.7 Å². The van der Waals surface area contributed by atoms with Crippen LogP contribution in [0.2, 0.25) is 0 Å². The lowest BCUT2D eigenvalue weighted by molar-refractivity contribution is -0.147. The number of carbonyl (C=O) groups excluding carboxylic acids is 3. The molecule has 2 bridgehead atoms. The quantitative estimate of drug-likeness (QED) is 0.652. The molecule has 1 aromatic rings. The highest BCUT2D eigenvalue weighted by atomic mass is 16.2. The molecule has 0 aromatic heterocycles. The number of amides is 1. The van der Waals surface area contributed by atoms with Crippen LogP contribution in [0.3, 0.4) is 0 Å². The molecule has 134 valence electrons. The Balaban J connectivity index is 1.84. The van der Waals surface area contributed by atoms with E-state index in [1.165, 1.54) is 5.56 Å². The fraction of sp³-hybridized carbons (Fsp3) is 0.571. The van der Waals surface area contributed by atoms with Crippen molar-refractivity contribution >= 4 is 23.2 Å². The Kier molecular flexibility index (Phi) is 4.13. The molecule has 0 aliphatic heterocycles. The number of unbranched alkanes of at least 4 members (excludes halogenated alkanes) is 1. The molecular weight excluding hydrogens is 314 g/mol. The lowest BCUT2D eigenvalue weighted by Crippen LogP contribution is -2.47. The van der Waals surface area contributed by atoms with Crippen molar-refractivity contribution in [2.45, 2.75) is 59.8 Å². The van der Waals surface area contributed by atoms with Crippen molar-refractivity contribution in [1.29, 1.82) is 0 Å². The predicted octanol–water partition coefficient (Wildman–Crippen LogP) is 3.93. The molecule has 1 aromatic carbocycles. The van der Waals surface area contributed by atoms with Crippen molar-refractivity contribution in [3.8, 4) is 0 Å². The molecular formula is C21H27NO3. The topological polar surface area (TPSA) is 63.2 Å². The maximum atomic E-state index is 13.1. The molecule has 2 saturated carbocycles. The normalized spacial score (nSPS) is 29.9. The minimum Gasteiger partial charge on any atom is -0.325 e. The van der Waals surface area contributed by atoms with Crippen LogP contribution in [-0.2, 0) is 20.8 Å². The van der Waals surface area contributed by atoms with Crippen molar-refractivity contribution in [2.75, 3.05) is 5.32 Å². The first-order valence-electron chi connectivity index (χ1n) is 9.20. The molecule has 4 heteroatoms. The molecule has 0 spiro atoms. The zero-order valence-corrected chi connectivity index (χ0v) is 15.6. The highest BCUT2D eigenvalue weighted by Gasteiger charge is 2.77. The summed E-state index contributed by atoms with van der Waals surface area (Å²) in [6.07, 6.45) is 4.34. The average molecular weight is 341 g/mol. The van der Waals surface area contributed by atoms with Crippen molar-refractivity contribution in [2.24, 2.45) is 16.2 Å². The van der Waals surface area contributed by atoms with Gasteiger partial charge in [0.05, 0.1) is 0 Å². The summed E-state index contributed by atoms with van der Waals surface area (Å²) < 4.78 is 0. The molecule has 0 saturated heterocycles. The van der Waals surface area contributed by atoms with Gasteiger partial charge in [-0.3, -0.25) is 14.4 Å². The van der Waals surface area contributed by atoms with Crippen LogP contribution in [0.5, 0.6) is 0 Å². The molecule has 4 nitrogen and oxygen atoms in total. The third-order valence-electron chi connectivity index (χ3n) is 6.96. The van der Waals surface area contributed by atoms with Gasteiger partial charge in [0, 0.05) is 11.1 Å². The Morgan fingerprint density at radius 1 is 1.04 bits per heavy atom. The van der Waals surface area contributed by atoms with Gasteiger partial charge in [0.2, 0.25) is 17.5 Å². The van der Waals surface area contributed by atoms with E-state index in [0.29, 0.717) is 18.5 Å². The van der Waals surface area contributed by atoms with E-state index in [2.05, 4.69) is 12.2 Å². The monoisotopic (exact) mass is 341 g/mol. The number of nitrogens with one attached hydrogen (secondary N) is 1. The Hall–Kier alpha value is -1.97. The van der Waals surface area contributed by atoms with Crippen LogP contribution in [-0.4, -0.2) is 17.5 Å². The van der Waals surface area contributed by atoms with Crippen LogP contribution in [0.25, 0.3) is 0 Å². The Morgan fingerprint density at radius 2 is 1.68 bits per heavy atom. The third kappa shape index (κ3) is 2.22. The lowest BCUT2D eigenvalue weighted by atomic mass is 9.64. The number of anilines is 1. The van der Waals surface area contributed by atoms with E-state index in [0.717, 1.165) is 19.3 Å². The van der Waals surface area contributed by atoms with E-state index < -0.39 is 22.0 Å². The molecule has 0 unspecified atom stereocenters. The SMILES string of the molecule is CCCCc1ccc(NC(=O)[C@]23CC[C@@](C)(C(=O)C2=O)C3(C)C)cc1. The van der Waals surface area contributed by atoms with Crippen LogP contribution in [0.1, 0.15) is 58.9 Å². The van der Waals surface area contributed by atoms with Crippen molar-refractivity contribution in [3.63, 3.8) is 0 Å². The van der Waals surface area contributed by atoms with Gasteiger partial charge in [-0.25, -0.2) is 0 Å². The Morgan fingerprint density at radius 3 is 2.20 bits per heavy atom. The molecule has 2 fully saturated rings. The predicted molar refractivity (Wildman–Crippen MR) is 97.3 cm³/mol. The number of ketones is 2. The van der Waals surface area contributed by atoms with Gasteiger partial charge in [-0.2, -0.15) is 0 Å².